The predicted octanol–water partition coefficient (Wildman–Crippen LogP) is 2.75. The normalized spacial score (nSPS) is 23.3. The SMILES string of the molecule is CNC1CCC(CNc2ccc(C#N)cc2)CC1. The van der Waals surface area contributed by atoms with E-state index >= 15 is 0 Å². The monoisotopic (exact) mass is 243 g/mol. The summed E-state index contributed by atoms with van der Waals surface area (Å²) in [6.07, 6.45) is 5.18. The summed E-state index contributed by atoms with van der Waals surface area (Å²) in [4.78, 5) is 0. The van der Waals surface area contributed by atoms with Crippen molar-refractivity contribution in [3.8, 4) is 6.07 Å². The van der Waals surface area contributed by atoms with Crippen molar-refractivity contribution in [2.24, 2.45) is 5.92 Å². The summed E-state index contributed by atoms with van der Waals surface area (Å²) in [7, 11) is 2.06. The van der Waals surface area contributed by atoms with E-state index in [1.54, 1.807) is 0 Å². The van der Waals surface area contributed by atoms with E-state index in [1.165, 1.54) is 25.7 Å². The number of benzene rings is 1. The summed E-state index contributed by atoms with van der Waals surface area (Å²) in [5, 5.41) is 15.6. The Balaban J connectivity index is 1.76. The number of nitriles is 1. The number of rotatable bonds is 4. The highest BCUT2D eigenvalue weighted by atomic mass is 14.9. The molecule has 0 bridgehead atoms. The van der Waals surface area contributed by atoms with Crippen molar-refractivity contribution in [2.45, 2.75) is 31.7 Å². The van der Waals surface area contributed by atoms with E-state index in [1.807, 2.05) is 24.3 Å². The van der Waals surface area contributed by atoms with Gasteiger partial charge in [0.05, 0.1) is 11.6 Å². The second-order valence-corrected chi connectivity index (χ2v) is 5.08. The molecular formula is C15H21N3. The van der Waals surface area contributed by atoms with Crippen molar-refractivity contribution < 1.29 is 0 Å². The molecule has 0 amide bonds. The topological polar surface area (TPSA) is 47.8 Å². The van der Waals surface area contributed by atoms with Gasteiger partial charge in [-0.05, 0) is 62.9 Å². The Bertz CT molecular complexity index is 397. The maximum Gasteiger partial charge on any atom is 0.0991 e. The van der Waals surface area contributed by atoms with E-state index in [9.17, 15) is 0 Å². The smallest absolute Gasteiger partial charge is 0.0991 e. The standard InChI is InChI=1S/C15H21N3/c1-17-14-6-4-13(5-7-14)11-18-15-8-2-12(10-16)3-9-15/h2-3,8-9,13-14,17-18H,4-7,11H2,1H3. The number of anilines is 1. The largest absolute Gasteiger partial charge is 0.385 e. The van der Waals surface area contributed by atoms with Crippen LogP contribution in [0.25, 0.3) is 0 Å². The Labute approximate surface area is 109 Å². The van der Waals surface area contributed by atoms with Gasteiger partial charge in [-0.25, -0.2) is 0 Å². The molecule has 3 heteroatoms. The van der Waals surface area contributed by atoms with Gasteiger partial charge in [-0.15, -0.1) is 0 Å². The molecule has 2 rings (SSSR count). The zero-order valence-electron chi connectivity index (χ0n) is 10.9. The molecule has 1 aromatic carbocycles. The summed E-state index contributed by atoms with van der Waals surface area (Å²) >= 11 is 0. The molecule has 2 N–H and O–H groups in total. The van der Waals surface area contributed by atoms with Crippen LogP contribution in [-0.4, -0.2) is 19.6 Å². The Morgan fingerprint density at radius 2 is 1.83 bits per heavy atom. The highest BCUT2D eigenvalue weighted by molar-refractivity contribution is 5.47. The van der Waals surface area contributed by atoms with E-state index in [0.717, 1.165) is 29.8 Å². The van der Waals surface area contributed by atoms with Crippen molar-refractivity contribution in [3.05, 3.63) is 29.8 Å². The molecular weight excluding hydrogens is 222 g/mol. The third-order valence-electron chi connectivity index (χ3n) is 3.86. The average Bonchev–Trinajstić information content (AvgIpc) is 2.46. The lowest BCUT2D eigenvalue weighted by molar-refractivity contribution is 0.312. The Hall–Kier alpha value is -1.53. The summed E-state index contributed by atoms with van der Waals surface area (Å²) < 4.78 is 0. The first-order chi connectivity index (χ1) is 8.81. The molecule has 1 aliphatic rings. The first-order valence-corrected chi connectivity index (χ1v) is 6.73. The van der Waals surface area contributed by atoms with Gasteiger partial charge >= 0.3 is 0 Å². The highest BCUT2D eigenvalue weighted by Gasteiger charge is 2.19. The molecule has 0 heterocycles. The van der Waals surface area contributed by atoms with Crippen LogP contribution in [0.1, 0.15) is 31.2 Å². The second-order valence-electron chi connectivity index (χ2n) is 5.08. The molecule has 1 aliphatic carbocycles. The van der Waals surface area contributed by atoms with Gasteiger partial charge in [0.15, 0.2) is 0 Å². The second kappa shape index (κ2) is 6.42. The highest BCUT2D eigenvalue weighted by Crippen LogP contribution is 2.24. The maximum absolute atomic E-state index is 8.73. The van der Waals surface area contributed by atoms with Crippen LogP contribution in [0.15, 0.2) is 24.3 Å². The number of hydrogen-bond acceptors (Lipinski definition) is 3. The van der Waals surface area contributed by atoms with Crippen LogP contribution in [0.3, 0.4) is 0 Å². The average molecular weight is 243 g/mol. The van der Waals surface area contributed by atoms with Crippen LogP contribution in [-0.2, 0) is 0 Å². The van der Waals surface area contributed by atoms with E-state index in [4.69, 9.17) is 5.26 Å². The first kappa shape index (κ1) is 12.9. The van der Waals surface area contributed by atoms with Crippen LogP contribution < -0.4 is 10.6 Å². The minimum atomic E-state index is 0.718. The molecule has 1 fully saturated rings. The van der Waals surface area contributed by atoms with Crippen LogP contribution in [0.2, 0.25) is 0 Å². The molecule has 0 aromatic heterocycles. The molecule has 0 saturated heterocycles. The van der Waals surface area contributed by atoms with Gasteiger partial charge in [0, 0.05) is 18.3 Å². The Kier molecular flexibility index (Phi) is 4.60. The molecule has 18 heavy (non-hydrogen) atoms. The molecule has 1 aromatic rings. The zero-order chi connectivity index (χ0) is 12.8. The number of hydrogen-bond donors (Lipinski definition) is 2. The molecule has 0 radical (unpaired) electrons. The molecule has 0 atom stereocenters. The number of nitrogens with zero attached hydrogens (tertiary/aromatic N) is 1. The lowest BCUT2D eigenvalue weighted by Crippen LogP contribution is -2.32. The van der Waals surface area contributed by atoms with Crippen LogP contribution >= 0.6 is 0 Å². The Morgan fingerprint density at radius 3 is 2.39 bits per heavy atom. The summed E-state index contributed by atoms with van der Waals surface area (Å²) in [6.45, 7) is 1.04. The fourth-order valence-electron chi connectivity index (χ4n) is 2.58. The van der Waals surface area contributed by atoms with Crippen LogP contribution in [0.4, 0.5) is 5.69 Å². The summed E-state index contributed by atoms with van der Waals surface area (Å²) in [6, 6.07) is 10.5. The van der Waals surface area contributed by atoms with Crippen LogP contribution in [0.5, 0.6) is 0 Å². The van der Waals surface area contributed by atoms with Crippen molar-refractivity contribution >= 4 is 5.69 Å². The van der Waals surface area contributed by atoms with Crippen molar-refractivity contribution in [1.82, 2.24) is 5.32 Å². The van der Waals surface area contributed by atoms with E-state index in [0.29, 0.717) is 0 Å². The molecule has 0 aliphatic heterocycles. The van der Waals surface area contributed by atoms with Gasteiger partial charge in [-0.1, -0.05) is 0 Å². The molecule has 0 spiro atoms. The predicted molar refractivity (Wildman–Crippen MR) is 74.5 cm³/mol. The lowest BCUT2D eigenvalue weighted by Gasteiger charge is -2.28. The lowest BCUT2D eigenvalue weighted by atomic mass is 9.86. The quantitative estimate of drug-likeness (QED) is 0.855. The van der Waals surface area contributed by atoms with Gasteiger partial charge < -0.3 is 10.6 Å². The number of nitrogens with one attached hydrogen (secondary N) is 2. The molecule has 3 nitrogen and oxygen atoms in total. The maximum atomic E-state index is 8.73. The third-order valence-corrected chi connectivity index (χ3v) is 3.86. The van der Waals surface area contributed by atoms with E-state index in [2.05, 4.69) is 23.8 Å². The van der Waals surface area contributed by atoms with Gasteiger partial charge in [0.1, 0.15) is 0 Å². The van der Waals surface area contributed by atoms with E-state index < -0.39 is 0 Å². The van der Waals surface area contributed by atoms with E-state index in [-0.39, 0.29) is 0 Å². The van der Waals surface area contributed by atoms with Gasteiger partial charge in [-0.2, -0.15) is 5.26 Å². The zero-order valence-corrected chi connectivity index (χ0v) is 10.9. The van der Waals surface area contributed by atoms with Crippen molar-refractivity contribution in [2.75, 3.05) is 18.9 Å². The summed E-state index contributed by atoms with van der Waals surface area (Å²) in [5.74, 6) is 0.783. The first-order valence-electron chi connectivity index (χ1n) is 6.73. The molecule has 1 saturated carbocycles. The van der Waals surface area contributed by atoms with Crippen LogP contribution in [0, 0.1) is 17.2 Å². The van der Waals surface area contributed by atoms with Gasteiger partial charge in [0.25, 0.3) is 0 Å². The van der Waals surface area contributed by atoms with Crippen molar-refractivity contribution in [3.63, 3.8) is 0 Å². The fourth-order valence-corrected chi connectivity index (χ4v) is 2.58. The van der Waals surface area contributed by atoms with Crippen molar-refractivity contribution in [1.29, 1.82) is 5.26 Å². The summed E-state index contributed by atoms with van der Waals surface area (Å²) in [5.41, 5.74) is 1.83. The molecule has 96 valence electrons. The fraction of sp³-hybridized carbons (Fsp3) is 0.533. The Morgan fingerprint density at radius 1 is 1.17 bits per heavy atom. The third kappa shape index (κ3) is 3.48. The minimum Gasteiger partial charge on any atom is -0.385 e. The van der Waals surface area contributed by atoms with Gasteiger partial charge in [-0.3, -0.25) is 0 Å². The minimum absolute atomic E-state index is 0.718. The van der Waals surface area contributed by atoms with Gasteiger partial charge in [0.2, 0.25) is 0 Å². The molecule has 0 unspecified atom stereocenters.